The van der Waals surface area contributed by atoms with E-state index in [1.165, 1.54) is 6.92 Å². The van der Waals surface area contributed by atoms with Crippen molar-refractivity contribution >= 4 is 21.9 Å². The molecule has 0 aromatic rings. The van der Waals surface area contributed by atoms with Crippen LogP contribution in [-0.2, 0) is 9.53 Å². The van der Waals surface area contributed by atoms with Crippen LogP contribution in [0.2, 0.25) is 0 Å². The Morgan fingerprint density at radius 3 is 2.29 bits per heavy atom. The van der Waals surface area contributed by atoms with Gasteiger partial charge < -0.3 is 4.74 Å². The summed E-state index contributed by atoms with van der Waals surface area (Å²) in [7, 11) is 0. The molecule has 0 aliphatic carbocycles. The van der Waals surface area contributed by atoms with E-state index in [2.05, 4.69) is 27.2 Å². The van der Waals surface area contributed by atoms with Crippen molar-refractivity contribution in [3.8, 4) is 0 Å². The van der Waals surface area contributed by atoms with Gasteiger partial charge in [0.2, 0.25) is 0 Å². The van der Waals surface area contributed by atoms with Crippen LogP contribution in [-0.4, -0.2) is 5.97 Å². The van der Waals surface area contributed by atoms with Crippen LogP contribution in [0, 0.1) is 0 Å². The summed E-state index contributed by atoms with van der Waals surface area (Å²) in [6, 6.07) is 0. The lowest BCUT2D eigenvalue weighted by Crippen LogP contribution is -1.91. The SMILES string of the molecule is C=C(Br)OC(C)=O. The van der Waals surface area contributed by atoms with Crippen LogP contribution in [0.4, 0.5) is 0 Å². The van der Waals surface area contributed by atoms with Crippen molar-refractivity contribution in [3.63, 3.8) is 0 Å². The van der Waals surface area contributed by atoms with Crippen molar-refractivity contribution in [1.82, 2.24) is 0 Å². The van der Waals surface area contributed by atoms with Gasteiger partial charge in [0.1, 0.15) is 0 Å². The van der Waals surface area contributed by atoms with Crippen LogP contribution in [0.5, 0.6) is 0 Å². The molecule has 2 nitrogen and oxygen atoms in total. The van der Waals surface area contributed by atoms with Gasteiger partial charge in [0.15, 0.2) is 4.67 Å². The van der Waals surface area contributed by atoms with E-state index in [0.29, 0.717) is 0 Å². The highest BCUT2D eigenvalue weighted by Gasteiger charge is 1.89. The first-order valence-corrected chi connectivity index (χ1v) is 2.45. The number of carbonyl (C=O) groups excluding carboxylic acids is 1. The predicted octanol–water partition coefficient (Wildman–Crippen LogP) is 1.42. The summed E-state index contributed by atoms with van der Waals surface area (Å²) < 4.78 is 4.58. The van der Waals surface area contributed by atoms with E-state index >= 15 is 0 Å². The number of halogens is 1. The predicted molar refractivity (Wildman–Crippen MR) is 29.8 cm³/mol. The minimum absolute atomic E-state index is 0.250. The van der Waals surface area contributed by atoms with E-state index < -0.39 is 0 Å². The molecule has 0 heterocycles. The molecule has 0 spiro atoms. The van der Waals surface area contributed by atoms with Gasteiger partial charge in [-0.05, 0) is 22.5 Å². The van der Waals surface area contributed by atoms with Crippen LogP contribution >= 0.6 is 15.9 Å². The summed E-state index contributed by atoms with van der Waals surface area (Å²) >= 11 is 2.84. The second kappa shape index (κ2) is 2.80. The number of rotatable bonds is 1. The lowest BCUT2D eigenvalue weighted by atomic mass is 10.8. The third-order valence-electron chi connectivity index (χ3n) is 0.254. The lowest BCUT2D eigenvalue weighted by Gasteiger charge is -1.91. The summed E-state index contributed by atoms with van der Waals surface area (Å²) in [5.41, 5.74) is 0. The molecule has 7 heavy (non-hydrogen) atoms. The van der Waals surface area contributed by atoms with Crippen molar-refractivity contribution in [2.45, 2.75) is 6.92 Å². The Bertz CT molecular complexity index is 85.9. The average molecular weight is 165 g/mol. The molecule has 0 saturated heterocycles. The van der Waals surface area contributed by atoms with Gasteiger partial charge in [-0.1, -0.05) is 0 Å². The molecule has 0 unspecified atom stereocenters. The Kier molecular flexibility index (Phi) is 2.67. The van der Waals surface area contributed by atoms with Gasteiger partial charge in [-0.2, -0.15) is 0 Å². The number of ether oxygens (including phenoxy) is 1. The fourth-order valence-electron chi connectivity index (χ4n) is 0.156. The zero-order valence-corrected chi connectivity index (χ0v) is 5.49. The minimum atomic E-state index is -0.359. The molecular formula is C4H5BrO2. The summed E-state index contributed by atoms with van der Waals surface area (Å²) in [5.74, 6) is -0.359. The quantitative estimate of drug-likeness (QED) is 0.433. The van der Waals surface area contributed by atoms with Gasteiger partial charge in [0.25, 0.3) is 0 Å². The largest absolute Gasteiger partial charge is 0.420 e. The molecule has 3 heteroatoms. The van der Waals surface area contributed by atoms with Gasteiger partial charge in [0.05, 0.1) is 0 Å². The maximum atomic E-state index is 9.94. The van der Waals surface area contributed by atoms with Crippen LogP contribution in [0.25, 0.3) is 0 Å². The van der Waals surface area contributed by atoms with E-state index in [1.54, 1.807) is 0 Å². The van der Waals surface area contributed by atoms with Crippen molar-refractivity contribution in [2.24, 2.45) is 0 Å². The van der Waals surface area contributed by atoms with E-state index in [9.17, 15) is 4.79 Å². The molecule has 0 fully saturated rings. The molecule has 0 aliphatic heterocycles. The standard InChI is InChI=1S/C4H5BrO2/c1-3(5)7-4(2)6/h1H2,2H3. The lowest BCUT2D eigenvalue weighted by molar-refractivity contribution is -0.135. The minimum Gasteiger partial charge on any atom is -0.420 e. The Labute approximate surface area is 50.3 Å². The van der Waals surface area contributed by atoms with E-state index in [1.807, 2.05) is 0 Å². The van der Waals surface area contributed by atoms with Gasteiger partial charge >= 0.3 is 5.97 Å². The average Bonchev–Trinajstić information content (AvgIpc) is 1.27. The fraction of sp³-hybridized carbons (Fsp3) is 0.250. The second-order valence-electron chi connectivity index (χ2n) is 0.949. The molecule has 0 bridgehead atoms. The van der Waals surface area contributed by atoms with E-state index in [4.69, 9.17) is 0 Å². The monoisotopic (exact) mass is 164 g/mol. The summed E-state index contributed by atoms with van der Waals surface area (Å²) in [6.07, 6.45) is 0. The first-order valence-electron chi connectivity index (χ1n) is 1.65. The maximum Gasteiger partial charge on any atom is 0.308 e. The van der Waals surface area contributed by atoms with Crippen LogP contribution in [0.1, 0.15) is 6.92 Å². The number of esters is 1. The van der Waals surface area contributed by atoms with Crippen LogP contribution in [0.15, 0.2) is 11.2 Å². The number of hydrogen-bond donors (Lipinski definition) is 0. The highest BCUT2D eigenvalue weighted by molar-refractivity contribution is 9.11. The van der Waals surface area contributed by atoms with E-state index in [-0.39, 0.29) is 10.6 Å². The van der Waals surface area contributed by atoms with Crippen molar-refractivity contribution < 1.29 is 9.53 Å². The molecule has 0 radical (unpaired) electrons. The fourth-order valence-corrected chi connectivity index (χ4v) is 0.384. The molecule has 0 atom stereocenters. The Hall–Kier alpha value is -0.310. The van der Waals surface area contributed by atoms with Crippen molar-refractivity contribution in [3.05, 3.63) is 11.2 Å². The molecule has 0 aromatic carbocycles. The van der Waals surface area contributed by atoms with Gasteiger partial charge in [-0.3, -0.25) is 4.79 Å². The zero-order chi connectivity index (χ0) is 5.86. The molecule has 0 N–H and O–H groups in total. The molecule has 40 valence electrons. The molecule has 0 aromatic heterocycles. The highest BCUT2D eigenvalue weighted by atomic mass is 79.9. The third kappa shape index (κ3) is 5.69. The van der Waals surface area contributed by atoms with Gasteiger partial charge in [-0.15, -0.1) is 0 Å². The Balaban J connectivity index is 3.32. The second-order valence-corrected chi connectivity index (χ2v) is 1.83. The Morgan fingerprint density at radius 1 is 1.86 bits per heavy atom. The normalized spacial score (nSPS) is 7.71. The summed E-state index contributed by atoms with van der Waals surface area (Å²) in [6.45, 7) is 4.58. The molecular weight excluding hydrogens is 160 g/mol. The topological polar surface area (TPSA) is 26.3 Å². The van der Waals surface area contributed by atoms with Crippen LogP contribution in [0.3, 0.4) is 0 Å². The van der Waals surface area contributed by atoms with Gasteiger partial charge in [-0.25, -0.2) is 0 Å². The summed E-state index contributed by atoms with van der Waals surface area (Å²) in [5, 5.41) is 0. The summed E-state index contributed by atoms with van der Waals surface area (Å²) in [4.78, 5) is 9.94. The smallest absolute Gasteiger partial charge is 0.308 e. The first-order chi connectivity index (χ1) is 3.13. The zero-order valence-electron chi connectivity index (χ0n) is 3.90. The Morgan fingerprint density at radius 2 is 2.29 bits per heavy atom. The molecule has 0 amide bonds. The number of hydrogen-bond acceptors (Lipinski definition) is 2. The van der Waals surface area contributed by atoms with E-state index in [0.717, 1.165) is 0 Å². The maximum absolute atomic E-state index is 9.94. The first kappa shape index (κ1) is 6.69. The van der Waals surface area contributed by atoms with Crippen molar-refractivity contribution in [1.29, 1.82) is 0 Å². The van der Waals surface area contributed by atoms with Crippen molar-refractivity contribution in [2.75, 3.05) is 0 Å². The molecule has 0 saturated carbocycles. The highest BCUT2D eigenvalue weighted by Crippen LogP contribution is 2.00. The van der Waals surface area contributed by atoms with Crippen LogP contribution < -0.4 is 0 Å². The van der Waals surface area contributed by atoms with Gasteiger partial charge in [0, 0.05) is 6.92 Å². The molecule has 0 aliphatic rings. The third-order valence-corrected chi connectivity index (χ3v) is 0.416. The number of carbonyl (C=O) groups is 1. The molecule has 0 rings (SSSR count).